The number of aromatic nitrogens is 1. The Morgan fingerprint density at radius 1 is 1.28 bits per heavy atom. The highest BCUT2D eigenvalue weighted by Crippen LogP contribution is 2.21. The molecule has 2 rings (SSSR count). The highest BCUT2D eigenvalue weighted by molar-refractivity contribution is 5.49. The van der Waals surface area contributed by atoms with Gasteiger partial charge >= 0.3 is 0 Å². The van der Waals surface area contributed by atoms with Crippen LogP contribution in [0.25, 0.3) is 0 Å². The standard InChI is InChI=1S/C14H16N2O2/c1-10-8-12(5-6-13(10)15)18-9-11-4-3-7-16-14(11)17-2/h3-8H,9,15H2,1-2H3. The number of ether oxygens (including phenoxy) is 2. The third-order valence-electron chi connectivity index (χ3n) is 2.68. The lowest BCUT2D eigenvalue weighted by Gasteiger charge is -2.10. The number of benzene rings is 1. The lowest BCUT2D eigenvalue weighted by atomic mass is 10.2. The van der Waals surface area contributed by atoms with Crippen LogP contribution in [0.5, 0.6) is 11.6 Å². The molecule has 0 aliphatic carbocycles. The number of nitrogens with two attached hydrogens (primary N) is 1. The summed E-state index contributed by atoms with van der Waals surface area (Å²) in [6.07, 6.45) is 1.69. The van der Waals surface area contributed by atoms with Gasteiger partial charge in [0, 0.05) is 11.9 Å². The second-order valence-corrected chi connectivity index (χ2v) is 3.98. The minimum Gasteiger partial charge on any atom is -0.489 e. The SMILES string of the molecule is COc1ncccc1COc1ccc(N)c(C)c1. The molecule has 0 fully saturated rings. The van der Waals surface area contributed by atoms with Gasteiger partial charge in [-0.1, -0.05) is 0 Å². The third kappa shape index (κ3) is 2.71. The summed E-state index contributed by atoms with van der Waals surface area (Å²) in [7, 11) is 1.60. The Hall–Kier alpha value is -2.23. The Labute approximate surface area is 106 Å². The molecule has 1 aromatic heterocycles. The molecule has 0 aliphatic rings. The van der Waals surface area contributed by atoms with Crippen molar-refractivity contribution in [2.24, 2.45) is 0 Å². The summed E-state index contributed by atoms with van der Waals surface area (Å²) in [5.41, 5.74) is 8.44. The number of hydrogen-bond acceptors (Lipinski definition) is 4. The monoisotopic (exact) mass is 244 g/mol. The van der Waals surface area contributed by atoms with E-state index in [1.165, 1.54) is 0 Å². The number of pyridine rings is 1. The van der Waals surface area contributed by atoms with Crippen LogP contribution in [0, 0.1) is 6.92 Å². The summed E-state index contributed by atoms with van der Waals surface area (Å²) in [5.74, 6) is 1.37. The van der Waals surface area contributed by atoms with E-state index in [0.717, 1.165) is 22.6 Å². The zero-order valence-electron chi connectivity index (χ0n) is 10.5. The van der Waals surface area contributed by atoms with E-state index in [1.807, 2.05) is 37.3 Å². The fraction of sp³-hybridized carbons (Fsp3) is 0.214. The van der Waals surface area contributed by atoms with Crippen LogP contribution in [-0.2, 0) is 6.61 Å². The van der Waals surface area contributed by atoms with Gasteiger partial charge in [0.2, 0.25) is 5.88 Å². The molecule has 18 heavy (non-hydrogen) atoms. The van der Waals surface area contributed by atoms with E-state index >= 15 is 0 Å². The molecular formula is C14H16N2O2. The second-order valence-electron chi connectivity index (χ2n) is 3.98. The molecular weight excluding hydrogens is 228 g/mol. The van der Waals surface area contributed by atoms with Gasteiger partial charge in [-0.25, -0.2) is 4.98 Å². The first-order chi connectivity index (χ1) is 8.70. The number of hydrogen-bond donors (Lipinski definition) is 1. The first-order valence-corrected chi connectivity index (χ1v) is 5.67. The summed E-state index contributed by atoms with van der Waals surface area (Å²) >= 11 is 0. The minimum atomic E-state index is 0.417. The molecule has 94 valence electrons. The van der Waals surface area contributed by atoms with E-state index in [1.54, 1.807) is 13.3 Å². The van der Waals surface area contributed by atoms with Crippen LogP contribution in [-0.4, -0.2) is 12.1 Å². The van der Waals surface area contributed by atoms with Crippen molar-refractivity contribution in [3.8, 4) is 11.6 Å². The molecule has 4 heteroatoms. The average Bonchev–Trinajstić information content (AvgIpc) is 2.40. The molecule has 0 radical (unpaired) electrons. The van der Waals surface area contributed by atoms with Crippen LogP contribution in [0.2, 0.25) is 0 Å². The predicted octanol–water partition coefficient (Wildman–Crippen LogP) is 2.56. The Bertz CT molecular complexity index is 541. The lowest BCUT2D eigenvalue weighted by molar-refractivity contribution is 0.293. The van der Waals surface area contributed by atoms with Gasteiger partial charge in [0.15, 0.2) is 0 Å². The average molecular weight is 244 g/mol. The molecule has 1 aromatic carbocycles. The van der Waals surface area contributed by atoms with E-state index in [-0.39, 0.29) is 0 Å². The van der Waals surface area contributed by atoms with Crippen molar-refractivity contribution in [3.05, 3.63) is 47.7 Å². The molecule has 0 saturated heterocycles. The summed E-state index contributed by atoms with van der Waals surface area (Å²) in [5, 5.41) is 0. The van der Waals surface area contributed by atoms with Crippen LogP contribution in [0.3, 0.4) is 0 Å². The summed E-state index contributed by atoms with van der Waals surface area (Å²) in [4.78, 5) is 4.12. The second kappa shape index (κ2) is 5.40. The van der Waals surface area contributed by atoms with Crippen molar-refractivity contribution >= 4 is 5.69 Å². The van der Waals surface area contributed by atoms with E-state index in [2.05, 4.69) is 4.98 Å². The fourth-order valence-corrected chi connectivity index (χ4v) is 1.62. The zero-order chi connectivity index (χ0) is 13.0. The van der Waals surface area contributed by atoms with Crippen molar-refractivity contribution in [2.75, 3.05) is 12.8 Å². The molecule has 0 amide bonds. The number of anilines is 1. The third-order valence-corrected chi connectivity index (χ3v) is 2.68. The molecule has 0 bridgehead atoms. The quantitative estimate of drug-likeness (QED) is 0.840. The molecule has 0 atom stereocenters. The van der Waals surface area contributed by atoms with Crippen molar-refractivity contribution in [2.45, 2.75) is 13.5 Å². The van der Waals surface area contributed by atoms with Crippen molar-refractivity contribution in [3.63, 3.8) is 0 Å². The molecule has 0 unspecified atom stereocenters. The van der Waals surface area contributed by atoms with Gasteiger partial charge in [-0.05, 0) is 42.8 Å². The molecule has 0 spiro atoms. The topological polar surface area (TPSA) is 57.4 Å². The minimum absolute atomic E-state index is 0.417. The van der Waals surface area contributed by atoms with Crippen LogP contribution < -0.4 is 15.2 Å². The van der Waals surface area contributed by atoms with Crippen LogP contribution in [0.4, 0.5) is 5.69 Å². The summed E-state index contributed by atoms with van der Waals surface area (Å²) < 4.78 is 10.9. The zero-order valence-corrected chi connectivity index (χ0v) is 10.5. The van der Waals surface area contributed by atoms with Crippen molar-refractivity contribution in [1.29, 1.82) is 0 Å². The first kappa shape index (κ1) is 12.2. The number of nitrogens with zero attached hydrogens (tertiary/aromatic N) is 1. The van der Waals surface area contributed by atoms with E-state index in [9.17, 15) is 0 Å². The maximum absolute atomic E-state index is 5.76. The molecule has 4 nitrogen and oxygen atoms in total. The predicted molar refractivity (Wildman–Crippen MR) is 70.7 cm³/mol. The highest BCUT2D eigenvalue weighted by atomic mass is 16.5. The largest absolute Gasteiger partial charge is 0.489 e. The van der Waals surface area contributed by atoms with E-state index < -0.39 is 0 Å². The van der Waals surface area contributed by atoms with Gasteiger partial charge in [0.1, 0.15) is 12.4 Å². The molecule has 0 aliphatic heterocycles. The van der Waals surface area contributed by atoms with Crippen molar-refractivity contribution in [1.82, 2.24) is 4.98 Å². The molecule has 2 N–H and O–H groups in total. The number of methoxy groups -OCH3 is 1. The van der Waals surface area contributed by atoms with Crippen LogP contribution in [0.1, 0.15) is 11.1 Å². The van der Waals surface area contributed by atoms with Gasteiger partial charge in [0.25, 0.3) is 0 Å². The van der Waals surface area contributed by atoms with Gasteiger partial charge < -0.3 is 15.2 Å². The molecule has 1 heterocycles. The normalized spacial score (nSPS) is 10.1. The fourth-order valence-electron chi connectivity index (χ4n) is 1.62. The van der Waals surface area contributed by atoms with Crippen molar-refractivity contribution < 1.29 is 9.47 Å². The Kier molecular flexibility index (Phi) is 3.67. The number of nitrogen functional groups attached to an aromatic ring is 1. The van der Waals surface area contributed by atoms with E-state index in [0.29, 0.717) is 12.5 Å². The van der Waals surface area contributed by atoms with E-state index in [4.69, 9.17) is 15.2 Å². The van der Waals surface area contributed by atoms with Crippen LogP contribution in [0.15, 0.2) is 36.5 Å². The van der Waals surface area contributed by atoms with Gasteiger partial charge in [-0.15, -0.1) is 0 Å². The Balaban J connectivity index is 2.09. The van der Waals surface area contributed by atoms with Gasteiger partial charge in [-0.2, -0.15) is 0 Å². The first-order valence-electron chi connectivity index (χ1n) is 5.67. The van der Waals surface area contributed by atoms with Crippen LogP contribution >= 0.6 is 0 Å². The highest BCUT2D eigenvalue weighted by Gasteiger charge is 2.04. The molecule has 2 aromatic rings. The maximum Gasteiger partial charge on any atom is 0.219 e. The van der Waals surface area contributed by atoms with Gasteiger partial charge in [-0.3, -0.25) is 0 Å². The lowest BCUT2D eigenvalue weighted by Crippen LogP contribution is -2.00. The summed E-state index contributed by atoms with van der Waals surface area (Å²) in [6, 6.07) is 9.39. The number of rotatable bonds is 4. The molecule has 0 saturated carbocycles. The maximum atomic E-state index is 5.76. The Morgan fingerprint density at radius 2 is 2.11 bits per heavy atom. The Morgan fingerprint density at radius 3 is 2.83 bits per heavy atom. The van der Waals surface area contributed by atoms with Gasteiger partial charge in [0.05, 0.1) is 12.7 Å². The smallest absolute Gasteiger partial charge is 0.219 e. The number of aryl methyl sites for hydroxylation is 1. The summed E-state index contributed by atoms with van der Waals surface area (Å²) in [6.45, 7) is 2.37.